The molecule has 3 heterocycles. The van der Waals surface area contributed by atoms with Crippen molar-refractivity contribution in [3.63, 3.8) is 0 Å². The largest absolute Gasteiger partial charge is 0.496 e. The molecule has 2 aromatic heterocycles. The number of carbonyl (C=O) groups excluding carboxylic acids is 3. The Morgan fingerprint density at radius 1 is 1.05 bits per heavy atom. The van der Waals surface area contributed by atoms with Crippen molar-refractivity contribution in [1.82, 2.24) is 20.2 Å². The number of rotatable bonds is 12. The van der Waals surface area contributed by atoms with Crippen LogP contribution in [0.15, 0.2) is 41.8 Å². The molecule has 2 aromatic carbocycles. The number of likely N-dealkylation sites (tertiary alicyclic amines) is 1. The number of carbonyl (C=O) groups is 3. The molecule has 1 saturated carbocycles. The van der Waals surface area contributed by atoms with Gasteiger partial charge >= 0.3 is 12.1 Å². The number of benzene rings is 2. The molecule has 5 unspecified atom stereocenters. The van der Waals surface area contributed by atoms with Gasteiger partial charge in [0.15, 0.2) is 0 Å². The quantitative estimate of drug-likeness (QED) is 0.107. The molecular weight excluding hydrogens is 779 g/mol. The highest BCUT2D eigenvalue weighted by Gasteiger charge is 2.62. The van der Waals surface area contributed by atoms with Crippen molar-refractivity contribution in [3.05, 3.63) is 64.4 Å². The first-order valence-corrected chi connectivity index (χ1v) is 20.0. The second-order valence-corrected chi connectivity index (χ2v) is 17.3. The van der Waals surface area contributed by atoms with Gasteiger partial charge in [0.25, 0.3) is 0 Å². The first kappa shape index (κ1) is 42.6. The molecule has 0 bridgehead atoms. The third-order valence-corrected chi connectivity index (χ3v) is 11.9. The van der Waals surface area contributed by atoms with Gasteiger partial charge in [-0.3, -0.25) is 9.59 Å². The number of alkyl halides is 3. The van der Waals surface area contributed by atoms with Crippen LogP contribution >= 0.6 is 11.3 Å². The van der Waals surface area contributed by atoms with Gasteiger partial charge in [0.05, 0.1) is 37.5 Å². The minimum atomic E-state index is -4.84. The maximum atomic E-state index is 14.8. The van der Waals surface area contributed by atoms with E-state index in [2.05, 4.69) is 10.6 Å². The zero-order valence-electron chi connectivity index (χ0n) is 34.0. The molecule has 0 spiro atoms. The van der Waals surface area contributed by atoms with Gasteiger partial charge in [0, 0.05) is 34.5 Å². The van der Waals surface area contributed by atoms with Crippen molar-refractivity contribution >= 4 is 45.7 Å². The molecule has 1 aliphatic heterocycles. The predicted octanol–water partition coefficient (Wildman–Crippen LogP) is 8.29. The van der Waals surface area contributed by atoms with E-state index in [9.17, 15) is 31.9 Å². The Morgan fingerprint density at radius 2 is 1.78 bits per heavy atom. The number of ether oxygens (including phenoxy) is 3. The van der Waals surface area contributed by atoms with Crippen LogP contribution in [0.5, 0.6) is 11.5 Å². The molecule has 1 saturated heterocycles. The maximum Gasteiger partial charge on any atom is 0.416 e. The number of methoxy groups -OCH3 is 2. The molecule has 2 amide bonds. The average molecular weight is 828 g/mol. The normalized spacial score (nSPS) is 21.2. The number of nitrogens with zero attached hydrogens (tertiary/aromatic N) is 3. The third-order valence-electron chi connectivity index (χ3n) is 11.0. The number of thiazole rings is 1. The molecule has 58 heavy (non-hydrogen) atoms. The molecular formula is C42H49F4N5O6S. The number of aromatic nitrogens is 2. The summed E-state index contributed by atoms with van der Waals surface area (Å²) in [4.78, 5) is 53.2. The summed E-state index contributed by atoms with van der Waals surface area (Å²) in [6, 6.07) is 5.01. The number of anilines is 1. The predicted molar refractivity (Wildman–Crippen MR) is 212 cm³/mol. The highest BCUT2D eigenvalue weighted by molar-refractivity contribution is 7.13. The van der Waals surface area contributed by atoms with Crippen LogP contribution in [0, 0.1) is 24.1 Å². The summed E-state index contributed by atoms with van der Waals surface area (Å²) >= 11 is 1.44. The molecule has 11 nitrogen and oxygen atoms in total. The van der Waals surface area contributed by atoms with Crippen molar-refractivity contribution in [2.24, 2.45) is 11.3 Å². The lowest BCUT2D eigenvalue weighted by atomic mass is 9.85. The fourth-order valence-corrected chi connectivity index (χ4v) is 8.55. The molecule has 5 atom stereocenters. The fraction of sp³-hybridized carbons (Fsp3) is 0.500. The summed E-state index contributed by atoms with van der Waals surface area (Å²) in [6.45, 7) is 12.9. The summed E-state index contributed by atoms with van der Waals surface area (Å²) in [5, 5.41) is 9.05. The van der Waals surface area contributed by atoms with Gasteiger partial charge in [-0.1, -0.05) is 48.0 Å². The number of aryl methyl sites for hydroxylation is 1. The van der Waals surface area contributed by atoms with Crippen LogP contribution in [0.25, 0.3) is 21.6 Å². The third kappa shape index (κ3) is 8.43. The van der Waals surface area contributed by atoms with E-state index in [-0.39, 0.29) is 30.5 Å². The lowest BCUT2D eigenvalue weighted by Gasteiger charge is -2.36. The maximum absolute atomic E-state index is 14.8. The summed E-state index contributed by atoms with van der Waals surface area (Å²) in [6.07, 6.45) is -4.65. The lowest BCUT2D eigenvalue weighted by Crippen LogP contribution is -2.57. The van der Waals surface area contributed by atoms with Crippen LogP contribution < -0.4 is 20.1 Å². The molecule has 16 heteroatoms. The number of fused-ring (bicyclic) bond motifs is 1. The van der Waals surface area contributed by atoms with Gasteiger partial charge in [0.1, 0.15) is 51.7 Å². The van der Waals surface area contributed by atoms with Gasteiger partial charge in [0.2, 0.25) is 11.8 Å². The van der Waals surface area contributed by atoms with E-state index >= 15 is 0 Å². The SMILES string of the molecule is CCC1CC1(NC(=O)C1CC(Oc2cc(-c3nc(C(C)C)cs3)nc3c(C)c(OC)ccc23)CN1C(=O)C(Nc1cc(F)cc(C(F)(F)F)c1)C(C)(C)C)C(=O)OC. The first-order valence-electron chi connectivity index (χ1n) is 19.2. The van der Waals surface area contributed by atoms with Gasteiger partial charge < -0.3 is 29.7 Å². The number of halogens is 4. The fourth-order valence-electron chi connectivity index (χ4n) is 7.61. The van der Waals surface area contributed by atoms with Gasteiger partial charge in [-0.15, -0.1) is 11.3 Å². The Balaban J connectivity index is 1.40. The Kier molecular flexibility index (Phi) is 11.7. The lowest BCUT2D eigenvalue weighted by molar-refractivity contribution is -0.148. The molecule has 2 aliphatic rings. The van der Waals surface area contributed by atoms with E-state index in [1.807, 2.05) is 39.1 Å². The molecule has 2 N–H and O–H groups in total. The highest BCUT2D eigenvalue weighted by Crippen LogP contribution is 2.47. The second kappa shape index (κ2) is 16.0. The molecule has 6 rings (SSSR count). The van der Waals surface area contributed by atoms with Gasteiger partial charge in [-0.25, -0.2) is 19.2 Å². The van der Waals surface area contributed by atoms with Crippen LogP contribution in [0.1, 0.15) is 83.5 Å². The van der Waals surface area contributed by atoms with E-state index in [4.69, 9.17) is 24.2 Å². The van der Waals surface area contributed by atoms with E-state index in [0.717, 1.165) is 23.4 Å². The minimum absolute atomic E-state index is 0.00367. The van der Waals surface area contributed by atoms with Crippen molar-refractivity contribution < 1.29 is 46.2 Å². The van der Waals surface area contributed by atoms with Crippen molar-refractivity contribution in [1.29, 1.82) is 0 Å². The van der Waals surface area contributed by atoms with E-state index in [0.29, 0.717) is 52.0 Å². The second-order valence-electron chi connectivity index (χ2n) is 16.4. The van der Waals surface area contributed by atoms with Crippen LogP contribution in [0.2, 0.25) is 0 Å². The van der Waals surface area contributed by atoms with E-state index < -0.39 is 64.5 Å². The Labute approximate surface area is 338 Å². The zero-order valence-corrected chi connectivity index (χ0v) is 34.8. The Morgan fingerprint density at radius 3 is 2.36 bits per heavy atom. The van der Waals surface area contributed by atoms with Crippen molar-refractivity contribution in [2.45, 2.75) is 104 Å². The summed E-state index contributed by atoms with van der Waals surface area (Å²) in [5.74, 6) is -1.91. The topological polar surface area (TPSA) is 132 Å². The highest BCUT2D eigenvalue weighted by atomic mass is 32.1. The van der Waals surface area contributed by atoms with Crippen LogP contribution in [0.4, 0.5) is 23.2 Å². The van der Waals surface area contributed by atoms with E-state index in [1.165, 1.54) is 23.3 Å². The molecule has 2 fully saturated rings. The van der Waals surface area contributed by atoms with Crippen molar-refractivity contribution in [3.8, 4) is 22.2 Å². The monoisotopic (exact) mass is 827 g/mol. The van der Waals surface area contributed by atoms with Crippen LogP contribution in [-0.4, -0.2) is 77.1 Å². The number of hydrogen-bond donors (Lipinski definition) is 2. The van der Waals surface area contributed by atoms with Crippen LogP contribution in [0.3, 0.4) is 0 Å². The first-order chi connectivity index (χ1) is 27.2. The summed E-state index contributed by atoms with van der Waals surface area (Å²) in [5.41, 5.74) is -0.855. The number of hydrogen-bond acceptors (Lipinski definition) is 10. The smallest absolute Gasteiger partial charge is 0.416 e. The average Bonchev–Trinajstić information content (AvgIpc) is 3.44. The minimum Gasteiger partial charge on any atom is -0.496 e. The zero-order chi connectivity index (χ0) is 42.5. The number of esters is 1. The molecule has 1 aliphatic carbocycles. The standard InChI is InChI=1S/C42H49F4N5O6S/c1-10-23-18-41(23,39(54)56-9)50-36(52)31-16-27(19-51(31)38(53)35(40(5,6)7)47-26-14-24(42(44,45)46)13-25(43)15-26)57-33-17-29(37-49-30(20-58-37)21(2)3)48-34-22(4)32(55-8)12-11-28(33)34/h11-15,17,20-21,23,27,31,35,47H,10,16,18-19H2,1-9H3,(H,50,52). The number of amides is 2. The van der Waals surface area contributed by atoms with Gasteiger partial charge in [-0.2, -0.15) is 13.2 Å². The van der Waals surface area contributed by atoms with Crippen molar-refractivity contribution in [2.75, 3.05) is 26.1 Å². The molecule has 0 radical (unpaired) electrons. The molecule has 4 aromatic rings. The Hall–Kier alpha value is -4.99. The van der Waals surface area contributed by atoms with Crippen LogP contribution in [-0.2, 0) is 25.3 Å². The number of nitrogens with one attached hydrogen (secondary N) is 2. The molecule has 312 valence electrons. The summed E-state index contributed by atoms with van der Waals surface area (Å²) in [7, 11) is 2.81. The Bertz CT molecular complexity index is 2220. The van der Waals surface area contributed by atoms with Gasteiger partial charge in [-0.05, 0) is 60.9 Å². The van der Waals surface area contributed by atoms with E-state index in [1.54, 1.807) is 40.0 Å². The summed E-state index contributed by atoms with van der Waals surface area (Å²) < 4.78 is 73.1. The number of pyridine rings is 1.